The Kier molecular flexibility index (Phi) is 6.34. The lowest BCUT2D eigenvalue weighted by Crippen LogP contribution is -2.46. The van der Waals surface area contributed by atoms with Gasteiger partial charge in [-0.15, -0.1) is 0 Å². The molecule has 166 valence electrons. The first-order valence-electron chi connectivity index (χ1n) is 10.3. The Morgan fingerprint density at radius 3 is 2.50 bits per heavy atom. The molecule has 4 rings (SSSR count). The van der Waals surface area contributed by atoms with Crippen LogP contribution in [0.2, 0.25) is 0 Å². The Labute approximate surface area is 185 Å². The number of benzene rings is 1. The molecule has 32 heavy (non-hydrogen) atoms. The summed E-state index contributed by atoms with van der Waals surface area (Å²) in [5, 5.41) is 6.90. The van der Waals surface area contributed by atoms with E-state index in [1.807, 2.05) is 0 Å². The molecule has 1 aliphatic rings. The fourth-order valence-electron chi connectivity index (χ4n) is 3.68. The third-order valence-electron chi connectivity index (χ3n) is 5.46. The van der Waals surface area contributed by atoms with Crippen LogP contribution in [0.5, 0.6) is 11.5 Å². The van der Waals surface area contributed by atoms with Gasteiger partial charge in [0.15, 0.2) is 11.5 Å². The van der Waals surface area contributed by atoms with Gasteiger partial charge in [-0.2, -0.15) is 0 Å². The summed E-state index contributed by atoms with van der Waals surface area (Å²) in [6, 6.07) is 10.2. The predicted octanol–water partition coefficient (Wildman–Crippen LogP) is 2.79. The van der Waals surface area contributed by atoms with Gasteiger partial charge in [-0.25, -0.2) is 0 Å². The molecule has 2 aromatic heterocycles. The number of piperidine rings is 1. The van der Waals surface area contributed by atoms with Gasteiger partial charge in [-0.1, -0.05) is 5.16 Å². The van der Waals surface area contributed by atoms with Crippen LogP contribution < -0.4 is 14.8 Å². The first kappa shape index (κ1) is 21.4. The molecule has 0 spiro atoms. The summed E-state index contributed by atoms with van der Waals surface area (Å²) in [6.07, 6.45) is 4.54. The van der Waals surface area contributed by atoms with E-state index >= 15 is 0 Å². The zero-order valence-electron chi connectivity index (χ0n) is 17.9. The molecular formula is C23H24N4O5. The van der Waals surface area contributed by atoms with Gasteiger partial charge < -0.3 is 24.2 Å². The Balaban J connectivity index is 1.37. The molecule has 1 N–H and O–H groups in total. The van der Waals surface area contributed by atoms with Crippen LogP contribution in [-0.4, -0.2) is 60.2 Å². The van der Waals surface area contributed by atoms with Crippen LogP contribution in [0.4, 0.5) is 0 Å². The summed E-state index contributed by atoms with van der Waals surface area (Å²) in [5.74, 6) is 1.28. The van der Waals surface area contributed by atoms with Gasteiger partial charge in [0, 0.05) is 43.2 Å². The Hall–Kier alpha value is -3.88. The van der Waals surface area contributed by atoms with Crippen LogP contribution in [-0.2, 0) is 0 Å². The lowest BCUT2D eigenvalue weighted by atomic mass is 10.0. The van der Waals surface area contributed by atoms with E-state index in [1.165, 1.54) is 0 Å². The van der Waals surface area contributed by atoms with Crippen molar-refractivity contribution in [1.29, 1.82) is 0 Å². The molecule has 9 nitrogen and oxygen atoms in total. The van der Waals surface area contributed by atoms with Crippen molar-refractivity contribution in [3.05, 3.63) is 60.0 Å². The Bertz CT molecular complexity index is 1090. The lowest BCUT2D eigenvalue weighted by Gasteiger charge is -2.32. The van der Waals surface area contributed by atoms with Gasteiger partial charge in [0.05, 0.1) is 19.8 Å². The standard InChI is InChI=1S/C23H24N4O5/c1-30-17-3-4-20(31-2)18(13-17)21-14-19(26-32-21)22(28)25-16-7-11-27(12-8-16)23(29)15-5-9-24-10-6-15/h3-6,9-10,13-14,16H,7-8,11-12H2,1-2H3,(H,25,28). The molecule has 0 radical (unpaired) electrons. The van der Waals surface area contributed by atoms with Crippen LogP contribution in [0.3, 0.4) is 0 Å². The highest BCUT2D eigenvalue weighted by Crippen LogP contribution is 2.33. The summed E-state index contributed by atoms with van der Waals surface area (Å²) >= 11 is 0. The second-order valence-corrected chi connectivity index (χ2v) is 7.42. The molecule has 1 aromatic carbocycles. The average Bonchev–Trinajstić information content (AvgIpc) is 3.34. The topological polar surface area (TPSA) is 107 Å². The van der Waals surface area contributed by atoms with E-state index in [-0.39, 0.29) is 23.6 Å². The molecule has 3 heterocycles. The maximum absolute atomic E-state index is 12.7. The highest BCUT2D eigenvalue weighted by atomic mass is 16.5. The van der Waals surface area contributed by atoms with Crippen molar-refractivity contribution in [3.63, 3.8) is 0 Å². The number of carbonyl (C=O) groups excluding carboxylic acids is 2. The first-order chi connectivity index (χ1) is 15.6. The molecule has 0 unspecified atom stereocenters. The van der Waals surface area contributed by atoms with Crippen LogP contribution in [0.25, 0.3) is 11.3 Å². The normalized spacial score (nSPS) is 14.1. The third-order valence-corrected chi connectivity index (χ3v) is 5.46. The van der Waals surface area contributed by atoms with Crippen molar-refractivity contribution in [2.75, 3.05) is 27.3 Å². The largest absolute Gasteiger partial charge is 0.497 e. The van der Waals surface area contributed by atoms with E-state index in [1.54, 1.807) is 67.9 Å². The molecule has 1 saturated heterocycles. The zero-order valence-corrected chi connectivity index (χ0v) is 17.9. The number of carbonyl (C=O) groups is 2. The fourth-order valence-corrected chi connectivity index (χ4v) is 3.68. The summed E-state index contributed by atoms with van der Waals surface area (Å²) in [5.41, 5.74) is 1.44. The van der Waals surface area contributed by atoms with Crippen molar-refractivity contribution in [2.45, 2.75) is 18.9 Å². The van der Waals surface area contributed by atoms with Gasteiger partial charge in [0.1, 0.15) is 11.5 Å². The number of hydrogen-bond donors (Lipinski definition) is 1. The zero-order chi connectivity index (χ0) is 22.5. The van der Waals surface area contributed by atoms with E-state index in [9.17, 15) is 9.59 Å². The van der Waals surface area contributed by atoms with Gasteiger partial charge >= 0.3 is 0 Å². The minimum Gasteiger partial charge on any atom is -0.497 e. The van der Waals surface area contributed by atoms with Gasteiger partial charge in [0.25, 0.3) is 11.8 Å². The highest BCUT2D eigenvalue weighted by Gasteiger charge is 2.26. The molecule has 1 aliphatic heterocycles. The molecule has 2 amide bonds. The average molecular weight is 436 g/mol. The van der Waals surface area contributed by atoms with Gasteiger partial charge in [-0.3, -0.25) is 14.6 Å². The molecule has 9 heteroatoms. The predicted molar refractivity (Wildman–Crippen MR) is 116 cm³/mol. The molecule has 1 fully saturated rings. The number of amides is 2. The van der Waals surface area contributed by atoms with Gasteiger partial charge in [-0.05, 0) is 43.2 Å². The fraction of sp³-hybridized carbons (Fsp3) is 0.304. The number of nitrogens with one attached hydrogen (secondary N) is 1. The Morgan fingerprint density at radius 1 is 1.06 bits per heavy atom. The van der Waals surface area contributed by atoms with Crippen molar-refractivity contribution < 1.29 is 23.6 Å². The van der Waals surface area contributed by atoms with Crippen molar-refractivity contribution in [2.24, 2.45) is 0 Å². The van der Waals surface area contributed by atoms with Gasteiger partial charge in [0.2, 0.25) is 0 Å². The summed E-state index contributed by atoms with van der Waals surface area (Å²) < 4.78 is 16.0. The summed E-state index contributed by atoms with van der Waals surface area (Å²) in [6.45, 7) is 1.13. The quantitative estimate of drug-likeness (QED) is 0.633. The Morgan fingerprint density at radius 2 is 1.81 bits per heavy atom. The molecular weight excluding hydrogens is 412 g/mol. The molecule has 0 aliphatic carbocycles. The maximum Gasteiger partial charge on any atom is 0.273 e. The first-order valence-corrected chi connectivity index (χ1v) is 10.3. The molecule has 3 aromatic rings. The third kappa shape index (κ3) is 4.56. The number of ether oxygens (including phenoxy) is 2. The van der Waals surface area contributed by atoms with E-state index in [0.29, 0.717) is 54.3 Å². The van der Waals surface area contributed by atoms with E-state index in [4.69, 9.17) is 14.0 Å². The van der Waals surface area contributed by atoms with E-state index in [0.717, 1.165) is 0 Å². The monoisotopic (exact) mass is 436 g/mol. The second kappa shape index (κ2) is 9.51. The van der Waals surface area contributed by atoms with Crippen molar-refractivity contribution in [3.8, 4) is 22.8 Å². The van der Waals surface area contributed by atoms with Crippen LogP contribution >= 0.6 is 0 Å². The number of methoxy groups -OCH3 is 2. The van der Waals surface area contributed by atoms with Crippen molar-refractivity contribution in [1.82, 2.24) is 20.4 Å². The number of hydrogen-bond acceptors (Lipinski definition) is 7. The van der Waals surface area contributed by atoms with Crippen LogP contribution in [0.15, 0.2) is 53.3 Å². The van der Waals surface area contributed by atoms with Crippen LogP contribution in [0.1, 0.15) is 33.7 Å². The lowest BCUT2D eigenvalue weighted by molar-refractivity contribution is 0.0697. The summed E-state index contributed by atoms with van der Waals surface area (Å²) in [4.78, 5) is 31.0. The maximum atomic E-state index is 12.7. The highest BCUT2D eigenvalue weighted by molar-refractivity contribution is 5.94. The molecule has 0 atom stereocenters. The minimum atomic E-state index is -0.319. The van der Waals surface area contributed by atoms with Crippen LogP contribution in [0, 0.1) is 0 Å². The molecule has 0 bridgehead atoms. The summed E-state index contributed by atoms with van der Waals surface area (Å²) in [7, 11) is 3.13. The number of nitrogens with zero attached hydrogens (tertiary/aromatic N) is 3. The number of aromatic nitrogens is 2. The number of likely N-dealkylation sites (tertiary alicyclic amines) is 1. The van der Waals surface area contributed by atoms with E-state index < -0.39 is 0 Å². The number of pyridine rings is 1. The smallest absolute Gasteiger partial charge is 0.273 e. The second-order valence-electron chi connectivity index (χ2n) is 7.42. The van der Waals surface area contributed by atoms with E-state index in [2.05, 4.69) is 15.5 Å². The number of rotatable bonds is 6. The SMILES string of the molecule is COc1ccc(OC)c(-c2cc(C(=O)NC3CCN(C(=O)c4ccncc4)CC3)no2)c1. The molecule has 0 saturated carbocycles. The van der Waals surface area contributed by atoms with Crippen molar-refractivity contribution >= 4 is 11.8 Å². The minimum absolute atomic E-state index is 0.0226.